The SMILES string of the molecule is O=C(NCCc1ccc(OC(F)F)cc1)C1CCN(C(=O)c2ccoc2)CC1. The molecule has 2 aromatic rings. The predicted molar refractivity (Wildman–Crippen MR) is 97.1 cm³/mol. The maximum Gasteiger partial charge on any atom is 0.387 e. The summed E-state index contributed by atoms with van der Waals surface area (Å²) in [6.45, 7) is -1.31. The number of carbonyl (C=O) groups is 2. The maximum atomic E-state index is 12.3. The van der Waals surface area contributed by atoms with Crippen LogP contribution in [-0.2, 0) is 11.2 Å². The number of carbonyl (C=O) groups excluding carboxylic acids is 2. The molecule has 1 aromatic carbocycles. The zero-order valence-electron chi connectivity index (χ0n) is 15.3. The van der Waals surface area contributed by atoms with Gasteiger partial charge in [-0.15, -0.1) is 0 Å². The number of rotatable bonds is 7. The van der Waals surface area contributed by atoms with Gasteiger partial charge in [-0.3, -0.25) is 9.59 Å². The van der Waals surface area contributed by atoms with E-state index in [0.717, 1.165) is 5.56 Å². The Morgan fingerprint density at radius 3 is 2.50 bits per heavy atom. The number of nitrogens with zero attached hydrogens (tertiary/aromatic N) is 1. The first-order chi connectivity index (χ1) is 13.5. The highest BCUT2D eigenvalue weighted by molar-refractivity contribution is 5.94. The molecule has 3 rings (SSSR count). The number of alkyl halides is 2. The van der Waals surface area contributed by atoms with Gasteiger partial charge in [0.25, 0.3) is 5.91 Å². The Balaban J connectivity index is 1.38. The third-order valence-electron chi connectivity index (χ3n) is 4.78. The van der Waals surface area contributed by atoms with Crippen LogP contribution in [0.5, 0.6) is 5.75 Å². The van der Waals surface area contributed by atoms with Crippen molar-refractivity contribution in [2.45, 2.75) is 25.9 Å². The van der Waals surface area contributed by atoms with Gasteiger partial charge in [-0.1, -0.05) is 12.1 Å². The van der Waals surface area contributed by atoms with E-state index in [1.165, 1.54) is 24.7 Å². The number of nitrogens with one attached hydrogen (secondary N) is 1. The number of benzene rings is 1. The van der Waals surface area contributed by atoms with Gasteiger partial charge < -0.3 is 19.4 Å². The van der Waals surface area contributed by atoms with Gasteiger partial charge in [-0.05, 0) is 43.0 Å². The second kappa shape index (κ2) is 9.34. The molecule has 6 nitrogen and oxygen atoms in total. The zero-order chi connectivity index (χ0) is 19.9. The van der Waals surface area contributed by atoms with Crippen molar-refractivity contribution in [2.75, 3.05) is 19.6 Å². The van der Waals surface area contributed by atoms with Crippen LogP contribution in [-0.4, -0.2) is 43.0 Å². The topological polar surface area (TPSA) is 71.8 Å². The molecule has 1 aliphatic heterocycles. The third kappa shape index (κ3) is 5.31. The molecule has 0 spiro atoms. The number of ether oxygens (including phenoxy) is 1. The summed E-state index contributed by atoms with van der Waals surface area (Å²) in [5, 5.41) is 2.91. The molecule has 1 aliphatic rings. The van der Waals surface area contributed by atoms with Crippen molar-refractivity contribution < 1.29 is 27.5 Å². The summed E-state index contributed by atoms with van der Waals surface area (Å²) in [5.74, 6) is -0.102. The Labute approximate surface area is 161 Å². The minimum Gasteiger partial charge on any atom is -0.472 e. The first-order valence-electron chi connectivity index (χ1n) is 9.16. The monoisotopic (exact) mass is 392 g/mol. The van der Waals surface area contributed by atoms with Crippen LogP contribution in [0.15, 0.2) is 47.3 Å². The van der Waals surface area contributed by atoms with E-state index in [4.69, 9.17) is 4.42 Å². The number of halogens is 2. The number of hydrogen-bond acceptors (Lipinski definition) is 4. The first-order valence-corrected chi connectivity index (χ1v) is 9.16. The maximum absolute atomic E-state index is 12.3. The Morgan fingerprint density at radius 2 is 1.89 bits per heavy atom. The van der Waals surface area contributed by atoms with E-state index in [-0.39, 0.29) is 23.5 Å². The lowest BCUT2D eigenvalue weighted by Crippen LogP contribution is -2.43. The third-order valence-corrected chi connectivity index (χ3v) is 4.78. The van der Waals surface area contributed by atoms with Crippen molar-refractivity contribution in [1.82, 2.24) is 10.2 Å². The summed E-state index contributed by atoms with van der Waals surface area (Å²) in [4.78, 5) is 26.3. The van der Waals surface area contributed by atoms with Crippen molar-refractivity contribution in [3.05, 3.63) is 54.0 Å². The quantitative estimate of drug-likeness (QED) is 0.786. The van der Waals surface area contributed by atoms with Gasteiger partial charge in [0.15, 0.2) is 0 Å². The molecule has 8 heteroatoms. The first kappa shape index (κ1) is 19.9. The average Bonchev–Trinajstić information content (AvgIpc) is 3.23. The molecule has 0 bridgehead atoms. The van der Waals surface area contributed by atoms with E-state index in [1.807, 2.05) is 0 Å². The molecule has 1 saturated heterocycles. The normalized spacial score (nSPS) is 14.9. The van der Waals surface area contributed by atoms with E-state index in [2.05, 4.69) is 10.1 Å². The van der Waals surface area contributed by atoms with E-state index in [0.29, 0.717) is 44.5 Å². The lowest BCUT2D eigenvalue weighted by molar-refractivity contribution is -0.126. The van der Waals surface area contributed by atoms with Crippen LogP contribution in [0.2, 0.25) is 0 Å². The van der Waals surface area contributed by atoms with E-state index in [1.54, 1.807) is 23.1 Å². The Morgan fingerprint density at radius 1 is 1.18 bits per heavy atom. The fraction of sp³-hybridized carbons (Fsp3) is 0.400. The standard InChI is InChI=1S/C20H22F2N2O4/c21-20(22)28-17-3-1-14(2-4-17)5-9-23-18(25)15-6-10-24(11-7-15)19(26)16-8-12-27-13-16/h1-4,8,12-13,15,20H,5-7,9-11H2,(H,23,25). The van der Waals surface area contributed by atoms with Gasteiger partial charge in [-0.2, -0.15) is 8.78 Å². The fourth-order valence-electron chi connectivity index (χ4n) is 3.23. The smallest absolute Gasteiger partial charge is 0.387 e. The molecule has 1 aromatic heterocycles. The van der Waals surface area contributed by atoms with Gasteiger partial charge in [0.05, 0.1) is 11.8 Å². The fourth-order valence-corrected chi connectivity index (χ4v) is 3.23. The second-order valence-electron chi connectivity index (χ2n) is 6.64. The predicted octanol–water partition coefficient (Wildman–Crippen LogP) is 3.09. The lowest BCUT2D eigenvalue weighted by Gasteiger charge is -2.31. The molecule has 1 N–H and O–H groups in total. The van der Waals surface area contributed by atoms with Crippen LogP contribution in [0.25, 0.3) is 0 Å². The molecule has 0 aliphatic carbocycles. The number of amides is 2. The lowest BCUT2D eigenvalue weighted by atomic mass is 9.95. The van der Waals surface area contributed by atoms with E-state index >= 15 is 0 Å². The molecule has 2 heterocycles. The van der Waals surface area contributed by atoms with Gasteiger partial charge in [0.2, 0.25) is 5.91 Å². The second-order valence-corrected chi connectivity index (χ2v) is 6.64. The Bertz CT molecular complexity index is 770. The van der Waals surface area contributed by atoms with Crippen LogP contribution in [0.3, 0.4) is 0 Å². The van der Waals surface area contributed by atoms with Gasteiger partial charge in [-0.25, -0.2) is 0 Å². The molecule has 0 radical (unpaired) electrons. The largest absolute Gasteiger partial charge is 0.472 e. The summed E-state index contributed by atoms with van der Waals surface area (Å²) in [6, 6.07) is 7.99. The molecule has 150 valence electrons. The minimum absolute atomic E-state index is 0.0203. The average molecular weight is 392 g/mol. The Kier molecular flexibility index (Phi) is 6.62. The molecular weight excluding hydrogens is 370 g/mol. The van der Waals surface area contributed by atoms with E-state index < -0.39 is 6.61 Å². The van der Waals surface area contributed by atoms with Crippen LogP contribution in [0.4, 0.5) is 8.78 Å². The molecule has 1 fully saturated rings. The molecular formula is C20H22F2N2O4. The molecule has 28 heavy (non-hydrogen) atoms. The summed E-state index contributed by atoms with van der Waals surface area (Å²) in [5.41, 5.74) is 1.44. The number of hydrogen-bond donors (Lipinski definition) is 1. The van der Waals surface area contributed by atoms with E-state index in [9.17, 15) is 18.4 Å². The zero-order valence-corrected chi connectivity index (χ0v) is 15.3. The highest BCUT2D eigenvalue weighted by atomic mass is 19.3. The highest BCUT2D eigenvalue weighted by Crippen LogP contribution is 2.20. The highest BCUT2D eigenvalue weighted by Gasteiger charge is 2.27. The van der Waals surface area contributed by atoms with Gasteiger partial charge in [0.1, 0.15) is 12.0 Å². The van der Waals surface area contributed by atoms with Crippen molar-refractivity contribution in [3.8, 4) is 5.75 Å². The van der Waals surface area contributed by atoms with Crippen LogP contribution < -0.4 is 10.1 Å². The van der Waals surface area contributed by atoms with Crippen molar-refractivity contribution in [2.24, 2.45) is 5.92 Å². The van der Waals surface area contributed by atoms with Gasteiger partial charge in [0, 0.05) is 25.6 Å². The summed E-state index contributed by atoms with van der Waals surface area (Å²) >= 11 is 0. The Hall–Kier alpha value is -2.90. The molecule has 0 unspecified atom stereocenters. The number of piperidine rings is 1. The van der Waals surface area contributed by atoms with Crippen LogP contribution in [0, 0.1) is 5.92 Å². The molecule has 0 saturated carbocycles. The molecule has 0 atom stereocenters. The van der Waals surface area contributed by atoms with Crippen molar-refractivity contribution >= 4 is 11.8 Å². The summed E-state index contributed by atoms with van der Waals surface area (Å²) in [6.07, 6.45) is 4.73. The molecule has 2 amide bonds. The van der Waals surface area contributed by atoms with Crippen LogP contribution >= 0.6 is 0 Å². The number of furan rings is 1. The summed E-state index contributed by atoms with van der Waals surface area (Å²) in [7, 11) is 0. The van der Waals surface area contributed by atoms with Gasteiger partial charge >= 0.3 is 6.61 Å². The van der Waals surface area contributed by atoms with Crippen molar-refractivity contribution in [3.63, 3.8) is 0 Å². The van der Waals surface area contributed by atoms with Crippen molar-refractivity contribution in [1.29, 1.82) is 0 Å². The van der Waals surface area contributed by atoms with Crippen LogP contribution in [0.1, 0.15) is 28.8 Å². The number of likely N-dealkylation sites (tertiary alicyclic amines) is 1. The minimum atomic E-state index is -2.84. The summed E-state index contributed by atoms with van der Waals surface area (Å²) < 4.78 is 33.5.